The maximum absolute atomic E-state index is 13.1. The maximum atomic E-state index is 13.1. The van der Waals surface area contributed by atoms with E-state index in [-0.39, 0.29) is 18.3 Å². The van der Waals surface area contributed by atoms with Gasteiger partial charge in [0.15, 0.2) is 0 Å². The number of carbonyl (C=O) groups excluding carboxylic acids is 1. The van der Waals surface area contributed by atoms with E-state index in [9.17, 15) is 9.18 Å². The molecule has 0 saturated heterocycles. The molecule has 3 aromatic carbocycles. The number of hydrogen-bond acceptors (Lipinski definition) is 3. The molecule has 1 amide bonds. The molecule has 6 heteroatoms. The number of hydrogen-bond donors (Lipinski definition) is 1. The number of nitrogens with one attached hydrogen (secondary N) is 1. The standard InChI is InChI=1S/C27H28FN3O2/c1-18(2)22-13-8-19(3)16-25(22)33-15-14-31-24-7-5-4-6-23(24)30-26(31)17-29-27(32)20-9-11-21(28)12-10-20/h4-13,16,18H,14-15,17H2,1-3H3,(H,29,32). The van der Waals surface area contributed by atoms with Gasteiger partial charge >= 0.3 is 0 Å². The molecule has 0 spiro atoms. The van der Waals surface area contributed by atoms with Crippen molar-refractivity contribution in [2.24, 2.45) is 0 Å². The SMILES string of the molecule is Cc1ccc(C(C)C)c(OCCn2c(CNC(=O)c3ccc(F)cc3)nc3ccccc32)c1. The fraction of sp³-hybridized carbons (Fsp3) is 0.259. The van der Waals surface area contributed by atoms with Gasteiger partial charge in [-0.3, -0.25) is 4.79 Å². The Morgan fingerprint density at radius 1 is 1.09 bits per heavy atom. The zero-order valence-corrected chi connectivity index (χ0v) is 19.1. The quantitative estimate of drug-likeness (QED) is 0.383. The summed E-state index contributed by atoms with van der Waals surface area (Å²) in [5, 5.41) is 2.89. The van der Waals surface area contributed by atoms with Gasteiger partial charge in [-0.05, 0) is 66.4 Å². The molecule has 1 heterocycles. The van der Waals surface area contributed by atoms with Crippen molar-refractivity contribution < 1.29 is 13.9 Å². The largest absolute Gasteiger partial charge is 0.491 e. The zero-order valence-electron chi connectivity index (χ0n) is 19.1. The predicted octanol–water partition coefficient (Wildman–Crippen LogP) is 5.62. The van der Waals surface area contributed by atoms with Gasteiger partial charge in [0.25, 0.3) is 5.91 Å². The molecule has 0 bridgehead atoms. The van der Waals surface area contributed by atoms with Gasteiger partial charge in [-0.2, -0.15) is 0 Å². The Kier molecular flexibility index (Phi) is 6.73. The third kappa shape index (κ3) is 5.22. The lowest BCUT2D eigenvalue weighted by molar-refractivity contribution is 0.0949. The average Bonchev–Trinajstić information content (AvgIpc) is 3.15. The van der Waals surface area contributed by atoms with Crippen LogP contribution < -0.4 is 10.1 Å². The van der Waals surface area contributed by atoms with Gasteiger partial charge in [0.05, 0.1) is 24.1 Å². The van der Waals surface area contributed by atoms with Crippen LogP contribution in [0.4, 0.5) is 4.39 Å². The molecule has 4 rings (SSSR count). The number of carbonyl (C=O) groups is 1. The second-order valence-electron chi connectivity index (χ2n) is 8.40. The van der Waals surface area contributed by atoms with E-state index in [1.807, 2.05) is 24.3 Å². The highest BCUT2D eigenvalue weighted by Gasteiger charge is 2.14. The fourth-order valence-electron chi connectivity index (χ4n) is 3.86. The Balaban J connectivity index is 1.50. The Hall–Kier alpha value is -3.67. The molecule has 0 aliphatic heterocycles. The van der Waals surface area contributed by atoms with Gasteiger partial charge in [-0.25, -0.2) is 9.37 Å². The van der Waals surface area contributed by atoms with Crippen molar-refractivity contribution in [2.45, 2.75) is 39.8 Å². The number of aromatic nitrogens is 2. The number of aryl methyl sites for hydroxylation is 1. The van der Waals surface area contributed by atoms with Crippen LogP contribution in [0.1, 0.15) is 47.1 Å². The first-order chi connectivity index (χ1) is 15.9. The number of rotatable bonds is 8. The van der Waals surface area contributed by atoms with E-state index in [0.717, 1.165) is 28.2 Å². The number of nitrogens with zero attached hydrogens (tertiary/aromatic N) is 2. The van der Waals surface area contributed by atoms with Crippen LogP contribution in [0.15, 0.2) is 66.7 Å². The number of para-hydroxylation sites is 2. The maximum Gasteiger partial charge on any atom is 0.251 e. The van der Waals surface area contributed by atoms with Crippen LogP contribution in [0.3, 0.4) is 0 Å². The van der Waals surface area contributed by atoms with E-state index >= 15 is 0 Å². The summed E-state index contributed by atoms with van der Waals surface area (Å²) in [4.78, 5) is 17.2. The third-order valence-electron chi connectivity index (χ3n) is 5.61. The fourth-order valence-corrected chi connectivity index (χ4v) is 3.86. The van der Waals surface area contributed by atoms with Crippen LogP contribution >= 0.6 is 0 Å². The summed E-state index contributed by atoms with van der Waals surface area (Å²) in [6.07, 6.45) is 0. The molecule has 33 heavy (non-hydrogen) atoms. The monoisotopic (exact) mass is 445 g/mol. The molecule has 0 atom stereocenters. The van der Waals surface area contributed by atoms with Gasteiger partial charge in [-0.1, -0.05) is 38.1 Å². The van der Waals surface area contributed by atoms with Gasteiger partial charge < -0.3 is 14.6 Å². The van der Waals surface area contributed by atoms with E-state index < -0.39 is 0 Å². The van der Waals surface area contributed by atoms with E-state index in [0.29, 0.717) is 24.6 Å². The van der Waals surface area contributed by atoms with E-state index in [2.05, 4.69) is 48.9 Å². The summed E-state index contributed by atoms with van der Waals surface area (Å²) in [7, 11) is 0. The zero-order chi connectivity index (χ0) is 23.4. The van der Waals surface area contributed by atoms with Crippen LogP contribution in [0.2, 0.25) is 0 Å². The number of halogens is 1. The van der Waals surface area contributed by atoms with Crippen molar-refractivity contribution in [3.8, 4) is 5.75 Å². The molecule has 170 valence electrons. The summed E-state index contributed by atoms with van der Waals surface area (Å²) in [6, 6.07) is 19.7. The van der Waals surface area contributed by atoms with E-state index in [1.165, 1.54) is 29.8 Å². The lowest BCUT2D eigenvalue weighted by Gasteiger charge is -2.16. The van der Waals surface area contributed by atoms with Crippen molar-refractivity contribution in [1.82, 2.24) is 14.9 Å². The minimum absolute atomic E-state index is 0.257. The van der Waals surface area contributed by atoms with Crippen LogP contribution in [-0.4, -0.2) is 22.1 Å². The van der Waals surface area contributed by atoms with E-state index in [1.54, 1.807) is 0 Å². The van der Waals surface area contributed by atoms with Crippen molar-refractivity contribution >= 4 is 16.9 Å². The average molecular weight is 446 g/mol. The molecule has 0 aliphatic rings. The van der Waals surface area contributed by atoms with Crippen LogP contribution in [0, 0.1) is 12.7 Å². The first-order valence-corrected chi connectivity index (χ1v) is 11.1. The minimum Gasteiger partial charge on any atom is -0.491 e. The van der Waals surface area contributed by atoms with Crippen molar-refractivity contribution in [3.63, 3.8) is 0 Å². The number of fused-ring (bicyclic) bond motifs is 1. The molecule has 4 aromatic rings. The highest BCUT2D eigenvalue weighted by Crippen LogP contribution is 2.27. The molecule has 0 radical (unpaired) electrons. The number of ether oxygens (including phenoxy) is 1. The summed E-state index contributed by atoms with van der Waals surface area (Å²) < 4.78 is 21.4. The number of benzene rings is 3. The smallest absolute Gasteiger partial charge is 0.251 e. The first kappa shape index (κ1) is 22.5. The van der Waals surface area contributed by atoms with Gasteiger partial charge in [-0.15, -0.1) is 0 Å². The van der Waals surface area contributed by atoms with Gasteiger partial charge in [0, 0.05) is 5.56 Å². The molecule has 0 aliphatic carbocycles. The highest BCUT2D eigenvalue weighted by molar-refractivity contribution is 5.94. The van der Waals surface area contributed by atoms with E-state index in [4.69, 9.17) is 9.72 Å². The summed E-state index contributed by atoms with van der Waals surface area (Å²) >= 11 is 0. The van der Waals surface area contributed by atoms with Gasteiger partial charge in [0.2, 0.25) is 0 Å². The summed E-state index contributed by atoms with van der Waals surface area (Å²) in [6.45, 7) is 7.69. The Bertz CT molecular complexity index is 1260. The molecule has 0 unspecified atom stereocenters. The number of imidazole rings is 1. The van der Waals surface area contributed by atoms with Crippen LogP contribution in [0.25, 0.3) is 11.0 Å². The van der Waals surface area contributed by atoms with Crippen LogP contribution in [0.5, 0.6) is 5.75 Å². The summed E-state index contributed by atoms with van der Waals surface area (Å²) in [5.41, 5.74) is 4.60. The molecule has 0 saturated carbocycles. The Morgan fingerprint density at radius 2 is 1.85 bits per heavy atom. The lowest BCUT2D eigenvalue weighted by Crippen LogP contribution is -2.25. The van der Waals surface area contributed by atoms with Gasteiger partial charge in [0.1, 0.15) is 24.0 Å². The lowest BCUT2D eigenvalue weighted by atomic mass is 10.0. The minimum atomic E-state index is -0.373. The molecule has 5 nitrogen and oxygen atoms in total. The Labute approximate surface area is 193 Å². The topological polar surface area (TPSA) is 56.1 Å². The molecular weight excluding hydrogens is 417 g/mol. The van der Waals surface area contributed by atoms with Crippen molar-refractivity contribution in [3.05, 3.63) is 95.1 Å². The predicted molar refractivity (Wildman–Crippen MR) is 128 cm³/mol. The second-order valence-corrected chi connectivity index (χ2v) is 8.40. The Morgan fingerprint density at radius 3 is 2.61 bits per heavy atom. The van der Waals surface area contributed by atoms with Crippen LogP contribution in [-0.2, 0) is 13.1 Å². The third-order valence-corrected chi connectivity index (χ3v) is 5.61. The molecule has 1 aromatic heterocycles. The molecule has 0 fully saturated rings. The highest BCUT2D eigenvalue weighted by atomic mass is 19.1. The number of amides is 1. The second kappa shape index (κ2) is 9.86. The summed E-state index contributed by atoms with van der Waals surface area (Å²) in [5.74, 6) is 1.37. The molecule has 1 N–H and O–H groups in total. The molecular formula is C27H28FN3O2. The first-order valence-electron chi connectivity index (χ1n) is 11.1. The van der Waals surface area contributed by atoms with Crippen molar-refractivity contribution in [1.29, 1.82) is 0 Å². The van der Waals surface area contributed by atoms with Crippen molar-refractivity contribution in [2.75, 3.05) is 6.61 Å². The normalized spacial score (nSPS) is 11.2.